The van der Waals surface area contributed by atoms with E-state index in [1.165, 1.54) is 18.2 Å². The Morgan fingerprint density at radius 2 is 1.75 bits per heavy atom. The molecule has 4 rings (SSSR count). The van der Waals surface area contributed by atoms with E-state index < -0.39 is 10.0 Å². The molecule has 0 radical (unpaired) electrons. The van der Waals surface area contributed by atoms with Crippen LogP contribution in [0.25, 0.3) is 5.82 Å². The van der Waals surface area contributed by atoms with Crippen LogP contribution in [0.3, 0.4) is 0 Å². The van der Waals surface area contributed by atoms with E-state index in [4.69, 9.17) is 27.9 Å². The van der Waals surface area contributed by atoms with Crippen LogP contribution in [0.15, 0.2) is 65.8 Å². The van der Waals surface area contributed by atoms with Crippen LogP contribution in [0.1, 0.15) is 11.6 Å². The first kappa shape index (κ1) is 22.1. The van der Waals surface area contributed by atoms with Gasteiger partial charge in [0, 0.05) is 29.2 Å². The average Bonchev–Trinajstić information content (AvgIpc) is 3.16. The predicted octanol–water partition coefficient (Wildman–Crippen LogP) is 5.18. The molecule has 8 nitrogen and oxygen atoms in total. The van der Waals surface area contributed by atoms with E-state index in [0.29, 0.717) is 29.0 Å². The summed E-state index contributed by atoms with van der Waals surface area (Å²) in [5.41, 5.74) is 0.335. The summed E-state index contributed by atoms with van der Waals surface area (Å²) in [5.74, 6) is 2.77. The second kappa shape index (κ2) is 8.78. The molecule has 0 unspecified atom stereocenters. The number of rotatable bonds is 6. The van der Waals surface area contributed by atoms with Gasteiger partial charge >= 0.3 is 0 Å². The summed E-state index contributed by atoms with van der Waals surface area (Å²) in [5, 5.41) is 0.342. The number of nitrogens with one attached hydrogen (secondary N) is 1. The zero-order chi connectivity index (χ0) is 22.9. The Morgan fingerprint density at radius 3 is 2.44 bits per heavy atom. The number of imidazole rings is 1. The molecule has 0 saturated heterocycles. The Labute approximate surface area is 194 Å². The van der Waals surface area contributed by atoms with Crippen molar-refractivity contribution in [2.45, 2.75) is 18.7 Å². The summed E-state index contributed by atoms with van der Waals surface area (Å²) in [4.78, 5) is 12.8. The minimum atomic E-state index is -3.92. The van der Waals surface area contributed by atoms with Crippen LogP contribution in [0.4, 0.5) is 5.69 Å². The number of nitrogens with zero attached hydrogens (tertiary/aromatic N) is 4. The monoisotopic (exact) mass is 489 g/mol. The molecule has 0 atom stereocenters. The lowest BCUT2D eigenvalue weighted by atomic mass is 10.3. The van der Waals surface area contributed by atoms with Crippen LogP contribution >= 0.6 is 23.2 Å². The Hall–Kier alpha value is -3.14. The molecule has 11 heteroatoms. The van der Waals surface area contributed by atoms with E-state index in [-0.39, 0.29) is 14.9 Å². The highest BCUT2D eigenvalue weighted by atomic mass is 35.5. The number of benzene rings is 2. The first-order valence-electron chi connectivity index (χ1n) is 9.33. The number of halogens is 2. The van der Waals surface area contributed by atoms with Gasteiger partial charge in [0.1, 0.15) is 28.1 Å². The molecule has 0 spiro atoms. The minimum Gasteiger partial charge on any atom is -0.439 e. The van der Waals surface area contributed by atoms with Gasteiger partial charge in [0.2, 0.25) is 5.88 Å². The first-order valence-corrected chi connectivity index (χ1v) is 11.6. The second-order valence-corrected chi connectivity index (χ2v) is 9.26. The Balaban J connectivity index is 1.53. The normalized spacial score (nSPS) is 11.4. The molecule has 164 valence electrons. The van der Waals surface area contributed by atoms with Crippen molar-refractivity contribution in [3.05, 3.63) is 82.6 Å². The van der Waals surface area contributed by atoms with Gasteiger partial charge in [0.15, 0.2) is 0 Å². The molecule has 2 aromatic carbocycles. The van der Waals surface area contributed by atoms with Gasteiger partial charge in [-0.3, -0.25) is 9.29 Å². The van der Waals surface area contributed by atoms with Crippen LogP contribution in [0.2, 0.25) is 10.0 Å². The lowest BCUT2D eigenvalue weighted by molar-refractivity contribution is 0.459. The maximum atomic E-state index is 12.7. The fraction of sp³-hybridized carbons (Fsp3) is 0.0952. The van der Waals surface area contributed by atoms with Gasteiger partial charge in [-0.15, -0.1) is 0 Å². The fourth-order valence-electron chi connectivity index (χ4n) is 2.93. The molecule has 2 heterocycles. The van der Waals surface area contributed by atoms with Crippen molar-refractivity contribution < 1.29 is 13.2 Å². The van der Waals surface area contributed by atoms with E-state index in [1.54, 1.807) is 49.6 Å². The average molecular weight is 490 g/mol. The van der Waals surface area contributed by atoms with E-state index in [0.717, 1.165) is 5.82 Å². The van der Waals surface area contributed by atoms with Crippen LogP contribution < -0.4 is 9.46 Å². The van der Waals surface area contributed by atoms with Gasteiger partial charge in [-0.05, 0) is 56.3 Å². The van der Waals surface area contributed by atoms with Crippen LogP contribution in [0, 0.1) is 13.8 Å². The molecule has 0 aliphatic rings. The van der Waals surface area contributed by atoms with E-state index in [1.807, 2.05) is 11.5 Å². The number of aryl methyl sites for hydroxylation is 2. The maximum Gasteiger partial charge on any atom is 0.263 e. The molecule has 0 saturated carbocycles. The Kier molecular flexibility index (Phi) is 6.05. The molecule has 0 fully saturated rings. The van der Waals surface area contributed by atoms with Gasteiger partial charge in [-0.2, -0.15) is 4.98 Å². The number of hydrogen-bond acceptors (Lipinski definition) is 6. The minimum absolute atomic E-state index is 0.0740. The van der Waals surface area contributed by atoms with Crippen LogP contribution in [-0.2, 0) is 10.0 Å². The standard InChI is InChI=1S/C21H17Cl2N5O3S/c1-13-25-20(28-10-9-24-14(28)2)12-21(26-13)31-17-6-4-16(5-7-17)27-32(29,30)19-11-15(22)3-8-18(19)23/h3-12,27H,1-2H3. The highest BCUT2D eigenvalue weighted by Crippen LogP contribution is 2.28. The van der Waals surface area contributed by atoms with Crippen molar-refractivity contribution in [2.24, 2.45) is 0 Å². The van der Waals surface area contributed by atoms with Crippen molar-refractivity contribution in [1.29, 1.82) is 0 Å². The molecule has 2 aromatic heterocycles. The first-order chi connectivity index (χ1) is 15.2. The molecule has 32 heavy (non-hydrogen) atoms. The van der Waals surface area contributed by atoms with Crippen molar-refractivity contribution in [3.8, 4) is 17.4 Å². The molecule has 0 aliphatic carbocycles. The topological polar surface area (TPSA) is 99.0 Å². The van der Waals surface area contributed by atoms with Gasteiger partial charge in [-0.25, -0.2) is 18.4 Å². The van der Waals surface area contributed by atoms with Crippen LogP contribution in [0.5, 0.6) is 11.6 Å². The van der Waals surface area contributed by atoms with Crippen LogP contribution in [-0.4, -0.2) is 27.9 Å². The smallest absolute Gasteiger partial charge is 0.263 e. The number of aromatic nitrogens is 4. The van der Waals surface area contributed by atoms with Crippen molar-refractivity contribution in [2.75, 3.05) is 4.72 Å². The molecule has 1 N–H and O–H groups in total. The largest absolute Gasteiger partial charge is 0.439 e. The fourth-order valence-corrected chi connectivity index (χ4v) is 4.75. The van der Waals surface area contributed by atoms with Gasteiger partial charge in [-0.1, -0.05) is 23.2 Å². The summed E-state index contributed by atoms with van der Waals surface area (Å²) >= 11 is 11.9. The van der Waals surface area contributed by atoms with Gasteiger partial charge in [0.25, 0.3) is 10.0 Å². The van der Waals surface area contributed by atoms with Gasteiger partial charge in [0.05, 0.1) is 5.02 Å². The van der Waals surface area contributed by atoms with E-state index >= 15 is 0 Å². The quantitative estimate of drug-likeness (QED) is 0.400. The molecular formula is C21H17Cl2N5O3S. The summed E-state index contributed by atoms with van der Waals surface area (Å²) in [6.07, 6.45) is 3.48. The molecular weight excluding hydrogens is 473 g/mol. The SMILES string of the molecule is Cc1nc(Oc2ccc(NS(=O)(=O)c3cc(Cl)ccc3Cl)cc2)cc(-n2ccnc2C)n1. The summed E-state index contributed by atoms with van der Waals surface area (Å²) in [7, 11) is -3.92. The van der Waals surface area contributed by atoms with Gasteiger partial charge < -0.3 is 4.74 Å². The third-order valence-electron chi connectivity index (χ3n) is 4.39. The third-order valence-corrected chi connectivity index (χ3v) is 6.48. The number of sulfonamides is 1. The van der Waals surface area contributed by atoms with E-state index in [2.05, 4.69) is 19.7 Å². The zero-order valence-corrected chi connectivity index (χ0v) is 19.3. The number of hydrogen-bond donors (Lipinski definition) is 1. The highest BCUT2D eigenvalue weighted by Gasteiger charge is 2.19. The lowest BCUT2D eigenvalue weighted by Crippen LogP contribution is -2.13. The number of ether oxygens (including phenoxy) is 1. The Bertz CT molecular complexity index is 1390. The zero-order valence-electron chi connectivity index (χ0n) is 17.0. The third kappa shape index (κ3) is 4.85. The van der Waals surface area contributed by atoms with E-state index in [9.17, 15) is 8.42 Å². The van der Waals surface area contributed by atoms with Crippen molar-refractivity contribution in [3.63, 3.8) is 0 Å². The second-order valence-electron chi connectivity index (χ2n) is 6.76. The molecule has 0 bridgehead atoms. The molecule has 0 amide bonds. The predicted molar refractivity (Wildman–Crippen MR) is 122 cm³/mol. The molecule has 0 aliphatic heterocycles. The molecule has 4 aromatic rings. The lowest BCUT2D eigenvalue weighted by Gasteiger charge is -2.11. The Morgan fingerprint density at radius 1 is 1.00 bits per heavy atom. The summed E-state index contributed by atoms with van der Waals surface area (Å²) in [6, 6.07) is 12.3. The highest BCUT2D eigenvalue weighted by molar-refractivity contribution is 7.92. The summed E-state index contributed by atoms with van der Waals surface area (Å²) < 4.78 is 35.4. The maximum absolute atomic E-state index is 12.7. The van der Waals surface area contributed by atoms with Crippen molar-refractivity contribution >= 4 is 38.9 Å². The number of anilines is 1. The van der Waals surface area contributed by atoms with Crippen molar-refractivity contribution in [1.82, 2.24) is 19.5 Å². The summed E-state index contributed by atoms with van der Waals surface area (Å²) in [6.45, 7) is 3.63.